The number of rotatable bonds is 5. The molecule has 0 aliphatic heterocycles. The fourth-order valence-corrected chi connectivity index (χ4v) is 3.70. The molecule has 0 saturated carbocycles. The minimum Gasteiger partial charge on any atom is -0.467 e. The van der Waals surface area contributed by atoms with E-state index in [4.69, 9.17) is 21.0 Å². The summed E-state index contributed by atoms with van der Waals surface area (Å²) in [6.45, 7) is 2.50. The monoisotopic (exact) mass is 371 g/mol. The van der Waals surface area contributed by atoms with Crippen LogP contribution in [0.5, 0.6) is 0 Å². The van der Waals surface area contributed by atoms with Crippen molar-refractivity contribution in [1.29, 1.82) is 0 Å². The lowest BCUT2D eigenvalue weighted by atomic mass is 10.1. The molecule has 3 aromatic heterocycles. The first-order chi connectivity index (χ1) is 12.2. The summed E-state index contributed by atoms with van der Waals surface area (Å²) in [5.74, 6) is 1.38. The van der Waals surface area contributed by atoms with E-state index in [2.05, 4.69) is 15.5 Å². The number of thioether (sulfide) groups is 1. The normalized spacial score (nSPS) is 11.3. The minimum absolute atomic E-state index is 0.486. The van der Waals surface area contributed by atoms with Crippen LogP contribution in [-0.2, 0) is 12.3 Å². The standard InChI is InChI=1S/C17H14ClN5OS/c1-11-13-6-2-3-7-14(13)19-15(16(11)18)10-25-17-20-21-22-23(17)9-12-5-4-8-24-12/h2-8H,9-10H2,1H3. The highest BCUT2D eigenvalue weighted by molar-refractivity contribution is 7.98. The number of furan rings is 1. The van der Waals surface area contributed by atoms with Crippen LogP contribution in [0.15, 0.2) is 52.2 Å². The van der Waals surface area contributed by atoms with E-state index in [1.807, 2.05) is 43.3 Å². The van der Waals surface area contributed by atoms with Crippen LogP contribution in [-0.4, -0.2) is 25.2 Å². The van der Waals surface area contributed by atoms with Crippen molar-refractivity contribution < 1.29 is 4.42 Å². The Balaban J connectivity index is 1.57. The fraction of sp³-hybridized carbons (Fsp3) is 0.176. The summed E-state index contributed by atoms with van der Waals surface area (Å²) in [5.41, 5.74) is 2.81. The summed E-state index contributed by atoms with van der Waals surface area (Å²) in [6.07, 6.45) is 1.63. The Morgan fingerprint density at radius 2 is 2.08 bits per heavy atom. The lowest BCUT2D eigenvalue weighted by Gasteiger charge is -2.09. The molecule has 0 unspecified atom stereocenters. The van der Waals surface area contributed by atoms with Crippen LogP contribution < -0.4 is 0 Å². The predicted molar refractivity (Wildman–Crippen MR) is 96.7 cm³/mol. The molecule has 0 aliphatic rings. The van der Waals surface area contributed by atoms with Crippen LogP contribution in [0.2, 0.25) is 5.02 Å². The van der Waals surface area contributed by atoms with Gasteiger partial charge in [-0.2, -0.15) is 0 Å². The molecule has 0 saturated heterocycles. The summed E-state index contributed by atoms with van der Waals surface area (Å²) in [5, 5.41) is 14.3. The maximum absolute atomic E-state index is 6.52. The van der Waals surface area contributed by atoms with Gasteiger partial charge in [-0.25, -0.2) is 4.68 Å². The molecule has 0 spiro atoms. The zero-order valence-electron chi connectivity index (χ0n) is 13.4. The van der Waals surface area contributed by atoms with E-state index in [9.17, 15) is 0 Å². The molecular weight excluding hydrogens is 358 g/mol. The van der Waals surface area contributed by atoms with Gasteiger partial charge in [0.2, 0.25) is 5.16 Å². The van der Waals surface area contributed by atoms with E-state index < -0.39 is 0 Å². The average molecular weight is 372 g/mol. The summed E-state index contributed by atoms with van der Waals surface area (Å²) in [7, 11) is 0. The summed E-state index contributed by atoms with van der Waals surface area (Å²) < 4.78 is 7.05. The number of hydrogen-bond donors (Lipinski definition) is 0. The average Bonchev–Trinajstić information content (AvgIpc) is 3.29. The molecule has 1 aromatic carbocycles. The maximum atomic E-state index is 6.52. The van der Waals surface area contributed by atoms with Crippen LogP contribution in [0.4, 0.5) is 0 Å². The minimum atomic E-state index is 0.486. The lowest BCUT2D eigenvalue weighted by Crippen LogP contribution is -2.03. The maximum Gasteiger partial charge on any atom is 0.210 e. The van der Waals surface area contributed by atoms with Crippen LogP contribution in [0.25, 0.3) is 10.9 Å². The van der Waals surface area contributed by atoms with Crippen molar-refractivity contribution in [2.24, 2.45) is 0 Å². The van der Waals surface area contributed by atoms with Gasteiger partial charge in [-0.05, 0) is 41.1 Å². The molecule has 0 aliphatic carbocycles. The van der Waals surface area contributed by atoms with Crippen molar-refractivity contribution in [2.75, 3.05) is 0 Å². The number of tetrazole rings is 1. The van der Waals surface area contributed by atoms with Gasteiger partial charge in [0, 0.05) is 11.1 Å². The molecular formula is C17H14ClN5OS. The highest BCUT2D eigenvalue weighted by atomic mass is 35.5. The number of halogens is 1. The Labute approximate surface area is 153 Å². The Bertz CT molecular complexity index is 1020. The molecule has 4 rings (SSSR count). The zero-order chi connectivity index (χ0) is 17.2. The first-order valence-corrected chi connectivity index (χ1v) is 9.04. The van der Waals surface area contributed by atoms with Gasteiger partial charge in [-0.3, -0.25) is 4.98 Å². The first-order valence-electron chi connectivity index (χ1n) is 7.67. The van der Waals surface area contributed by atoms with Crippen LogP contribution in [0, 0.1) is 6.92 Å². The molecule has 0 N–H and O–H groups in total. The van der Waals surface area contributed by atoms with Gasteiger partial charge in [0.25, 0.3) is 0 Å². The van der Waals surface area contributed by atoms with Crippen molar-refractivity contribution in [3.05, 3.63) is 64.7 Å². The van der Waals surface area contributed by atoms with Gasteiger partial charge in [0.05, 0.1) is 22.5 Å². The number of fused-ring (bicyclic) bond motifs is 1. The number of nitrogens with zero attached hydrogens (tertiary/aromatic N) is 5. The highest BCUT2D eigenvalue weighted by Crippen LogP contribution is 2.30. The largest absolute Gasteiger partial charge is 0.467 e. The molecule has 0 amide bonds. The number of aromatic nitrogens is 5. The number of para-hydroxylation sites is 1. The molecule has 4 aromatic rings. The molecule has 3 heterocycles. The summed E-state index contributed by atoms with van der Waals surface area (Å²) in [4.78, 5) is 4.69. The SMILES string of the molecule is Cc1c(Cl)c(CSc2nnnn2Cc2ccco2)nc2ccccc12. The molecule has 126 valence electrons. The second-order valence-corrected chi connectivity index (χ2v) is 6.82. The van der Waals surface area contributed by atoms with E-state index >= 15 is 0 Å². The van der Waals surface area contributed by atoms with Crippen molar-refractivity contribution in [3.63, 3.8) is 0 Å². The number of pyridine rings is 1. The van der Waals surface area contributed by atoms with Gasteiger partial charge in [-0.1, -0.05) is 41.6 Å². The topological polar surface area (TPSA) is 69.6 Å². The van der Waals surface area contributed by atoms with E-state index in [0.29, 0.717) is 22.5 Å². The number of benzene rings is 1. The van der Waals surface area contributed by atoms with E-state index in [1.54, 1.807) is 10.9 Å². The Morgan fingerprint density at radius 1 is 1.20 bits per heavy atom. The first kappa shape index (κ1) is 16.1. The predicted octanol–water partition coefficient (Wildman–Crippen LogP) is 4.12. The quantitative estimate of drug-likeness (QED) is 0.491. The number of hydrogen-bond acceptors (Lipinski definition) is 6. The second kappa shape index (κ2) is 6.85. The Hall–Kier alpha value is -2.38. The number of aryl methyl sites for hydroxylation is 1. The third kappa shape index (κ3) is 3.25. The zero-order valence-corrected chi connectivity index (χ0v) is 15.0. The van der Waals surface area contributed by atoms with Crippen molar-refractivity contribution >= 4 is 34.3 Å². The molecule has 25 heavy (non-hydrogen) atoms. The molecule has 6 nitrogen and oxygen atoms in total. The van der Waals surface area contributed by atoms with E-state index in [1.165, 1.54) is 11.8 Å². The van der Waals surface area contributed by atoms with Gasteiger partial charge in [0.1, 0.15) is 12.3 Å². The fourth-order valence-electron chi connectivity index (χ4n) is 2.60. The van der Waals surface area contributed by atoms with Crippen molar-refractivity contribution in [2.45, 2.75) is 24.4 Å². The molecule has 0 radical (unpaired) electrons. The van der Waals surface area contributed by atoms with Gasteiger partial charge in [-0.15, -0.1) is 5.10 Å². The van der Waals surface area contributed by atoms with E-state index in [-0.39, 0.29) is 0 Å². The summed E-state index contributed by atoms with van der Waals surface area (Å²) >= 11 is 8.02. The van der Waals surface area contributed by atoms with E-state index in [0.717, 1.165) is 27.9 Å². The van der Waals surface area contributed by atoms with Crippen LogP contribution in [0.3, 0.4) is 0 Å². The third-order valence-corrected chi connectivity index (χ3v) is 5.34. The van der Waals surface area contributed by atoms with Gasteiger partial charge >= 0.3 is 0 Å². The van der Waals surface area contributed by atoms with Crippen molar-refractivity contribution in [3.8, 4) is 0 Å². The Morgan fingerprint density at radius 3 is 2.92 bits per heavy atom. The van der Waals surface area contributed by atoms with Crippen LogP contribution >= 0.6 is 23.4 Å². The highest BCUT2D eigenvalue weighted by Gasteiger charge is 2.14. The van der Waals surface area contributed by atoms with Crippen molar-refractivity contribution in [1.82, 2.24) is 25.2 Å². The van der Waals surface area contributed by atoms with Gasteiger partial charge in [0.15, 0.2) is 0 Å². The molecule has 0 bridgehead atoms. The second-order valence-electron chi connectivity index (χ2n) is 5.50. The lowest BCUT2D eigenvalue weighted by molar-refractivity contribution is 0.462. The Kier molecular flexibility index (Phi) is 4.42. The molecule has 0 atom stereocenters. The molecule has 0 fully saturated rings. The van der Waals surface area contributed by atoms with Crippen LogP contribution in [0.1, 0.15) is 17.0 Å². The summed E-state index contributed by atoms with van der Waals surface area (Å²) in [6, 6.07) is 11.7. The molecule has 8 heteroatoms. The van der Waals surface area contributed by atoms with Gasteiger partial charge < -0.3 is 4.42 Å². The third-order valence-electron chi connectivity index (χ3n) is 3.87. The smallest absolute Gasteiger partial charge is 0.210 e.